The number of carbonyl (C=O) groups is 2. The minimum absolute atomic E-state index is 0.172. The van der Waals surface area contributed by atoms with Crippen molar-refractivity contribution in [2.24, 2.45) is 5.92 Å². The lowest BCUT2D eigenvalue weighted by Crippen LogP contribution is -2.34. The molecule has 7 nitrogen and oxygen atoms in total. The molecule has 0 saturated carbocycles. The molecule has 36 heavy (non-hydrogen) atoms. The number of hydrogen-bond acceptors (Lipinski definition) is 5. The summed E-state index contributed by atoms with van der Waals surface area (Å²) < 4.78 is 8.62. The van der Waals surface area contributed by atoms with Gasteiger partial charge in [0, 0.05) is 48.9 Å². The quantitative estimate of drug-likeness (QED) is 0.127. The molecule has 4 unspecified atom stereocenters. The maximum Gasteiger partial charge on any atom is 0.238 e. The first-order valence-electron chi connectivity index (χ1n) is 14.0. The van der Waals surface area contributed by atoms with Gasteiger partial charge in [0.15, 0.2) is 0 Å². The van der Waals surface area contributed by atoms with Crippen molar-refractivity contribution in [3.05, 3.63) is 11.4 Å². The summed E-state index contributed by atoms with van der Waals surface area (Å²) in [7, 11) is -0.653. The second-order valence-corrected chi connectivity index (χ2v) is 13.8. The van der Waals surface area contributed by atoms with Crippen LogP contribution in [0.4, 0.5) is 0 Å². The second-order valence-electron chi connectivity index (χ2n) is 10.7. The summed E-state index contributed by atoms with van der Waals surface area (Å²) in [6.07, 6.45) is 11.1. The van der Waals surface area contributed by atoms with E-state index in [1.54, 1.807) is 0 Å². The van der Waals surface area contributed by atoms with Crippen LogP contribution in [0.3, 0.4) is 0 Å². The van der Waals surface area contributed by atoms with E-state index in [0.29, 0.717) is 55.3 Å². The number of nitrogens with zero attached hydrogens (tertiary/aromatic N) is 2. The van der Waals surface area contributed by atoms with Crippen LogP contribution in [0.25, 0.3) is 4.85 Å². The zero-order chi connectivity index (χ0) is 26.3. The lowest BCUT2D eigenvalue weighted by atomic mass is 9.97. The van der Waals surface area contributed by atoms with Crippen LogP contribution < -0.4 is 10.6 Å². The van der Waals surface area contributed by atoms with E-state index in [1.165, 1.54) is 12.8 Å². The molecule has 0 radical (unpaired) electrons. The smallest absolute Gasteiger partial charge is 0.238 e. The van der Waals surface area contributed by atoms with Gasteiger partial charge in [-0.3, -0.25) is 14.3 Å². The van der Waals surface area contributed by atoms with Crippen molar-refractivity contribution < 1.29 is 14.1 Å². The molecule has 4 atom stereocenters. The largest absolute Gasteiger partial charge is 0.356 e. The molecular weight excluding hydrogens is 491 g/mol. The molecule has 0 aliphatic carbocycles. The van der Waals surface area contributed by atoms with Crippen LogP contribution in [0, 0.1) is 12.5 Å². The van der Waals surface area contributed by atoms with E-state index in [-0.39, 0.29) is 11.8 Å². The van der Waals surface area contributed by atoms with Crippen LogP contribution in [0.2, 0.25) is 0 Å². The lowest BCUT2D eigenvalue weighted by Gasteiger charge is -2.37. The first kappa shape index (κ1) is 31.3. The summed E-state index contributed by atoms with van der Waals surface area (Å²) in [4.78, 5) is 27.2. The average molecular weight is 541 g/mol. The van der Waals surface area contributed by atoms with Gasteiger partial charge < -0.3 is 20.0 Å². The number of thioether (sulfide) groups is 1. The highest BCUT2D eigenvalue weighted by Crippen LogP contribution is 2.45. The van der Waals surface area contributed by atoms with Crippen molar-refractivity contribution in [3.8, 4) is 0 Å². The number of hydrogen-bond donors (Lipinski definition) is 2. The second kappa shape index (κ2) is 17.6. The summed E-state index contributed by atoms with van der Waals surface area (Å²) in [5.74, 6) is 2.01. The SMILES string of the molecule is [C-]#[N+]CCOP(CCCCCCCNC(=O)CCCCC1SCC2CC(=O)NC21)N(C(C)C)C(C)C. The van der Waals surface area contributed by atoms with Crippen LogP contribution in [-0.4, -0.2) is 71.5 Å². The Kier molecular flexibility index (Phi) is 15.3. The molecule has 2 aliphatic rings. The molecule has 2 N–H and O–H groups in total. The molecular formula is C27H49N4O3PS. The minimum atomic E-state index is -0.653. The Labute approximate surface area is 225 Å². The molecule has 9 heteroatoms. The van der Waals surface area contributed by atoms with Gasteiger partial charge in [-0.25, -0.2) is 6.57 Å². The molecule has 2 heterocycles. The van der Waals surface area contributed by atoms with E-state index in [4.69, 9.17) is 11.1 Å². The Bertz CT molecular complexity index is 695. The predicted molar refractivity (Wildman–Crippen MR) is 152 cm³/mol. The highest BCUT2D eigenvalue weighted by atomic mass is 32.2. The minimum Gasteiger partial charge on any atom is -0.356 e. The molecule has 2 amide bonds. The molecule has 2 rings (SSSR count). The fourth-order valence-electron chi connectivity index (χ4n) is 5.30. The molecule has 2 fully saturated rings. The Morgan fingerprint density at radius 3 is 2.61 bits per heavy atom. The number of amides is 2. The van der Waals surface area contributed by atoms with E-state index < -0.39 is 8.30 Å². The topological polar surface area (TPSA) is 75.0 Å². The number of unbranched alkanes of at least 4 members (excludes halogenated alkanes) is 5. The van der Waals surface area contributed by atoms with Crippen LogP contribution >= 0.6 is 20.1 Å². The zero-order valence-electron chi connectivity index (χ0n) is 23.0. The third-order valence-electron chi connectivity index (χ3n) is 6.96. The van der Waals surface area contributed by atoms with E-state index in [9.17, 15) is 9.59 Å². The van der Waals surface area contributed by atoms with E-state index in [0.717, 1.165) is 57.0 Å². The van der Waals surface area contributed by atoms with Crippen molar-refractivity contribution in [3.63, 3.8) is 0 Å². The summed E-state index contributed by atoms with van der Waals surface area (Å²) >= 11 is 2.00. The van der Waals surface area contributed by atoms with E-state index in [1.807, 2.05) is 11.8 Å². The maximum absolute atomic E-state index is 12.1. The Morgan fingerprint density at radius 1 is 1.17 bits per heavy atom. The number of fused-ring (bicyclic) bond motifs is 1. The third-order valence-corrected chi connectivity index (χ3v) is 11.2. The standard InChI is InChI=1S/C27H49N4O3PS/c1-21(2)31(22(3)4)35(34-17-16-28-5)18-12-8-6-7-11-15-29-25(32)14-10-9-13-24-27-23(20-36-24)19-26(33)30-27/h21-24,27H,6-20H2,1-4H3,(H,29,32)(H,30,33). The van der Waals surface area contributed by atoms with Crippen molar-refractivity contribution in [1.82, 2.24) is 15.3 Å². The summed E-state index contributed by atoms with van der Waals surface area (Å²) in [5, 5.41) is 6.76. The van der Waals surface area contributed by atoms with Crippen molar-refractivity contribution in [1.29, 1.82) is 0 Å². The Morgan fingerprint density at radius 2 is 1.89 bits per heavy atom. The zero-order valence-corrected chi connectivity index (χ0v) is 24.7. The van der Waals surface area contributed by atoms with Gasteiger partial charge in [0.1, 0.15) is 14.9 Å². The van der Waals surface area contributed by atoms with Crippen LogP contribution in [-0.2, 0) is 14.1 Å². The van der Waals surface area contributed by atoms with Gasteiger partial charge in [-0.05, 0) is 65.0 Å². The summed E-state index contributed by atoms with van der Waals surface area (Å²) in [6.45, 7) is 17.6. The van der Waals surface area contributed by atoms with Crippen LogP contribution in [0.5, 0.6) is 0 Å². The normalized spacial score (nSPS) is 22.2. The van der Waals surface area contributed by atoms with E-state index >= 15 is 0 Å². The molecule has 0 aromatic carbocycles. The summed E-state index contributed by atoms with van der Waals surface area (Å²) in [6, 6.07) is 1.25. The maximum atomic E-state index is 12.1. The average Bonchev–Trinajstić information content (AvgIpc) is 3.37. The van der Waals surface area contributed by atoms with Gasteiger partial charge in [0.2, 0.25) is 18.4 Å². The Hall–Kier alpha value is -0.870. The van der Waals surface area contributed by atoms with Crippen molar-refractivity contribution in [2.75, 3.05) is 31.6 Å². The molecule has 2 saturated heterocycles. The fourth-order valence-corrected chi connectivity index (χ4v) is 9.26. The Balaban J connectivity index is 1.48. The molecule has 0 aromatic heterocycles. The first-order chi connectivity index (χ1) is 17.3. The highest BCUT2D eigenvalue weighted by molar-refractivity contribution is 8.00. The molecule has 2 aliphatic heterocycles. The van der Waals surface area contributed by atoms with Crippen LogP contribution in [0.1, 0.15) is 91.9 Å². The van der Waals surface area contributed by atoms with Gasteiger partial charge in [-0.2, -0.15) is 11.8 Å². The fraction of sp³-hybridized carbons (Fsp3) is 0.889. The number of nitrogens with one attached hydrogen (secondary N) is 2. The van der Waals surface area contributed by atoms with Crippen molar-refractivity contribution in [2.45, 2.75) is 115 Å². The van der Waals surface area contributed by atoms with Gasteiger partial charge in [-0.1, -0.05) is 25.7 Å². The molecule has 0 aromatic rings. The predicted octanol–water partition coefficient (Wildman–Crippen LogP) is 5.60. The van der Waals surface area contributed by atoms with Gasteiger partial charge in [-0.15, -0.1) is 0 Å². The molecule has 0 bridgehead atoms. The van der Waals surface area contributed by atoms with Gasteiger partial charge >= 0.3 is 0 Å². The van der Waals surface area contributed by atoms with Crippen LogP contribution in [0.15, 0.2) is 0 Å². The lowest BCUT2D eigenvalue weighted by molar-refractivity contribution is -0.121. The first-order valence-corrected chi connectivity index (χ1v) is 16.5. The van der Waals surface area contributed by atoms with Gasteiger partial charge in [0.25, 0.3) is 0 Å². The number of rotatable bonds is 19. The highest BCUT2D eigenvalue weighted by Gasteiger charge is 2.42. The van der Waals surface area contributed by atoms with E-state index in [2.05, 4.69) is 47.8 Å². The molecule has 0 spiro atoms. The monoisotopic (exact) mass is 540 g/mol. The third kappa shape index (κ3) is 11.3. The number of carbonyl (C=O) groups excluding carboxylic acids is 2. The molecule has 206 valence electrons. The van der Waals surface area contributed by atoms with Crippen molar-refractivity contribution >= 4 is 31.9 Å². The van der Waals surface area contributed by atoms with Gasteiger partial charge in [0.05, 0.1) is 0 Å². The summed E-state index contributed by atoms with van der Waals surface area (Å²) in [5.41, 5.74) is 0.